The third kappa shape index (κ3) is 4.18. The summed E-state index contributed by atoms with van der Waals surface area (Å²) in [5, 5.41) is 11.7. The smallest absolute Gasteiger partial charge is 0.316 e. The Labute approximate surface area is 211 Å². The summed E-state index contributed by atoms with van der Waals surface area (Å²) in [6.07, 6.45) is 5.59. The van der Waals surface area contributed by atoms with Gasteiger partial charge in [-0.05, 0) is 56.0 Å². The van der Waals surface area contributed by atoms with Crippen LogP contribution < -0.4 is 0 Å². The van der Waals surface area contributed by atoms with E-state index in [0.29, 0.717) is 30.1 Å². The van der Waals surface area contributed by atoms with Gasteiger partial charge in [0.1, 0.15) is 6.10 Å². The summed E-state index contributed by atoms with van der Waals surface area (Å²) in [7, 11) is 0. The Bertz CT molecular complexity index is 774. The van der Waals surface area contributed by atoms with Gasteiger partial charge in [-0.1, -0.05) is 47.6 Å². The molecule has 1 saturated heterocycles. The lowest BCUT2D eigenvalue weighted by molar-refractivity contribution is -0.216. The Morgan fingerprint density at radius 1 is 1.26 bits per heavy atom. The molecule has 4 aliphatic rings. The molecule has 0 radical (unpaired) electrons. The number of rotatable bonds is 9. The topological polar surface area (TPSA) is 62.3 Å². The highest BCUT2D eigenvalue weighted by Gasteiger charge is 2.74. The first-order chi connectivity index (χ1) is 16.1. The number of aliphatic hydroxyl groups is 1. The third-order valence-corrected chi connectivity index (χ3v) is 11.6. The van der Waals surface area contributed by atoms with Gasteiger partial charge in [-0.15, -0.1) is 18.3 Å². The molecular weight excluding hydrogens is 446 g/mol. The number of hydrogen-bond acceptors (Lipinski definition) is 6. The van der Waals surface area contributed by atoms with Gasteiger partial charge in [0.15, 0.2) is 0 Å². The number of carbonyl (C=O) groups is 1. The number of ether oxygens (including phenoxy) is 2. The van der Waals surface area contributed by atoms with Crippen LogP contribution in [0.2, 0.25) is 0 Å². The van der Waals surface area contributed by atoms with Crippen LogP contribution >= 0.6 is 11.8 Å². The lowest BCUT2D eigenvalue weighted by Crippen LogP contribution is -2.63. The Morgan fingerprint density at radius 2 is 1.97 bits per heavy atom. The highest BCUT2D eigenvalue weighted by Crippen LogP contribution is 2.73. The lowest BCUT2D eigenvalue weighted by Gasteiger charge is -2.63. The molecule has 0 aromatic rings. The van der Waals surface area contributed by atoms with Gasteiger partial charge in [0, 0.05) is 29.0 Å². The summed E-state index contributed by atoms with van der Waals surface area (Å²) in [6.45, 7) is 20.6. The van der Waals surface area contributed by atoms with Gasteiger partial charge in [-0.25, -0.2) is 0 Å². The number of thioether (sulfide) groups is 1. The van der Waals surface area contributed by atoms with Gasteiger partial charge in [-0.3, -0.25) is 4.79 Å². The zero-order valence-electron chi connectivity index (χ0n) is 22.2. The summed E-state index contributed by atoms with van der Waals surface area (Å²) in [5.74, 6) is 2.10. The molecule has 2 bridgehead atoms. The van der Waals surface area contributed by atoms with Crippen molar-refractivity contribution in [1.82, 2.24) is 4.90 Å². The average Bonchev–Trinajstić information content (AvgIpc) is 3.49. The maximum absolute atomic E-state index is 13.2. The number of nitrogens with zero attached hydrogens (tertiary/aromatic N) is 1. The monoisotopic (exact) mass is 493 g/mol. The number of epoxide rings is 1. The van der Waals surface area contributed by atoms with Crippen molar-refractivity contribution in [2.45, 2.75) is 91.6 Å². The number of esters is 1. The molecule has 1 N–H and O–H groups in total. The molecule has 5 nitrogen and oxygen atoms in total. The van der Waals surface area contributed by atoms with Crippen molar-refractivity contribution in [1.29, 1.82) is 0 Å². The van der Waals surface area contributed by atoms with E-state index in [9.17, 15) is 9.90 Å². The number of hydrogen-bond donors (Lipinski definition) is 1. The Balaban J connectivity index is 1.58. The van der Waals surface area contributed by atoms with E-state index in [1.807, 2.05) is 6.08 Å². The standard InChI is InChI=1S/C28H47NO4S/c1-8-26(6)16-21(33-22(30)17-34-14-13-29(9-2)10-3)27(7)18(4)11-12-28(19(5)25(26)31)15-20-23(32-20)24(27)28/h8,18-21,23-25,31H,1,9-17H2,2-7H3/t18?,19-,20?,21+,23?,24-,25-,26+,27-,28-/m0/s1. The third-order valence-electron chi connectivity index (χ3n) is 10.7. The van der Waals surface area contributed by atoms with Crippen molar-refractivity contribution in [2.75, 3.05) is 31.1 Å². The minimum atomic E-state index is -0.507. The molecule has 4 rings (SSSR count). The van der Waals surface area contributed by atoms with Gasteiger partial charge in [-0.2, -0.15) is 0 Å². The fraction of sp³-hybridized carbons (Fsp3) is 0.893. The fourth-order valence-corrected chi connectivity index (χ4v) is 8.84. The molecule has 3 unspecified atom stereocenters. The molecule has 34 heavy (non-hydrogen) atoms. The number of carbonyl (C=O) groups excluding carboxylic acids is 1. The van der Waals surface area contributed by atoms with Crippen molar-refractivity contribution in [3.63, 3.8) is 0 Å². The Hall–Kier alpha value is -0.560. The number of fused-ring (bicyclic) bond motifs is 1. The quantitative estimate of drug-likeness (QED) is 0.216. The van der Waals surface area contributed by atoms with Crippen LogP contribution in [0.1, 0.15) is 67.2 Å². The molecule has 10 atom stereocenters. The first-order valence-corrected chi connectivity index (χ1v) is 14.7. The Kier molecular flexibility index (Phi) is 7.58. The molecule has 3 saturated carbocycles. The molecular formula is C28H47NO4S. The molecule has 0 aromatic heterocycles. The van der Waals surface area contributed by atoms with E-state index in [1.54, 1.807) is 11.8 Å². The molecule has 0 aromatic carbocycles. The van der Waals surface area contributed by atoms with Crippen molar-refractivity contribution in [3.8, 4) is 0 Å². The molecule has 1 aliphatic heterocycles. The van der Waals surface area contributed by atoms with Crippen LogP contribution in [0.15, 0.2) is 12.7 Å². The van der Waals surface area contributed by atoms with Crippen LogP contribution in [0.25, 0.3) is 0 Å². The maximum atomic E-state index is 13.2. The highest BCUT2D eigenvalue weighted by atomic mass is 32.2. The second-order valence-electron chi connectivity index (χ2n) is 12.1. The minimum Gasteiger partial charge on any atom is -0.461 e. The van der Waals surface area contributed by atoms with Crippen LogP contribution in [-0.2, 0) is 14.3 Å². The molecule has 194 valence electrons. The first-order valence-electron chi connectivity index (χ1n) is 13.5. The van der Waals surface area contributed by atoms with Gasteiger partial charge in [0.25, 0.3) is 0 Å². The molecule has 4 fully saturated rings. The summed E-state index contributed by atoms with van der Waals surface area (Å²) >= 11 is 1.66. The SMILES string of the molecule is C=C[C@]1(C)C[C@@H](OC(=O)CSCCN(CC)CC)[C@]2(C)C(C)CC[C@]3(CC4OC4[C@H]32)[C@@H](C)[C@@H]1O. The zero-order chi connectivity index (χ0) is 24.9. The summed E-state index contributed by atoms with van der Waals surface area (Å²) in [5.41, 5.74) is -0.624. The summed E-state index contributed by atoms with van der Waals surface area (Å²) < 4.78 is 12.6. The second-order valence-corrected chi connectivity index (χ2v) is 13.2. The van der Waals surface area contributed by atoms with Gasteiger partial charge in [0.05, 0.1) is 24.1 Å². The first kappa shape index (κ1) is 26.5. The Morgan fingerprint density at radius 3 is 2.62 bits per heavy atom. The van der Waals surface area contributed by atoms with E-state index in [4.69, 9.17) is 9.47 Å². The van der Waals surface area contributed by atoms with E-state index in [-0.39, 0.29) is 34.9 Å². The van der Waals surface area contributed by atoms with Crippen LogP contribution in [0.5, 0.6) is 0 Å². The molecule has 0 spiro atoms. The summed E-state index contributed by atoms with van der Waals surface area (Å²) in [4.78, 5) is 15.5. The van der Waals surface area contributed by atoms with E-state index >= 15 is 0 Å². The zero-order valence-corrected chi connectivity index (χ0v) is 23.0. The molecule has 0 amide bonds. The van der Waals surface area contributed by atoms with E-state index in [0.717, 1.165) is 44.6 Å². The van der Waals surface area contributed by atoms with Gasteiger partial charge < -0.3 is 19.5 Å². The summed E-state index contributed by atoms with van der Waals surface area (Å²) in [6, 6.07) is 0. The van der Waals surface area contributed by atoms with Crippen LogP contribution in [-0.4, -0.2) is 71.5 Å². The largest absolute Gasteiger partial charge is 0.461 e. The van der Waals surface area contributed by atoms with E-state index in [1.165, 1.54) is 0 Å². The predicted molar refractivity (Wildman–Crippen MR) is 139 cm³/mol. The van der Waals surface area contributed by atoms with Crippen LogP contribution in [0.4, 0.5) is 0 Å². The normalized spacial score (nSPS) is 47.4. The maximum Gasteiger partial charge on any atom is 0.316 e. The van der Waals surface area contributed by atoms with Crippen molar-refractivity contribution in [3.05, 3.63) is 12.7 Å². The molecule has 6 heteroatoms. The van der Waals surface area contributed by atoms with Gasteiger partial charge >= 0.3 is 5.97 Å². The minimum absolute atomic E-state index is 0.0438. The van der Waals surface area contributed by atoms with E-state index in [2.05, 4.69) is 53.0 Å². The lowest BCUT2D eigenvalue weighted by atomic mass is 9.43. The second kappa shape index (κ2) is 9.72. The van der Waals surface area contributed by atoms with Crippen molar-refractivity contribution < 1.29 is 19.4 Å². The molecule has 3 aliphatic carbocycles. The highest BCUT2D eigenvalue weighted by molar-refractivity contribution is 7.99. The predicted octanol–water partition coefficient (Wildman–Crippen LogP) is 4.78. The van der Waals surface area contributed by atoms with Crippen LogP contribution in [0, 0.1) is 34.0 Å². The number of aliphatic hydroxyl groups excluding tert-OH is 1. The van der Waals surface area contributed by atoms with Gasteiger partial charge in [0.2, 0.25) is 0 Å². The van der Waals surface area contributed by atoms with Crippen LogP contribution in [0.3, 0.4) is 0 Å². The molecule has 1 heterocycles. The van der Waals surface area contributed by atoms with Crippen molar-refractivity contribution >= 4 is 17.7 Å². The fourth-order valence-electron chi connectivity index (χ4n) is 8.07. The van der Waals surface area contributed by atoms with E-state index < -0.39 is 11.5 Å². The van der Waals surface area contributed by atoms with Crippen molar-refractivity contribution in [2.24, 2.45) is 34.0 Å². The average molecular weight is 494 g/mol.